The minimum absolute atomic E-state index is 0.916. The van der Waals surface area contributed by atoms with Crippen LogP contribution in [-0.2, 0) is 0 Å². The zero-order valence-electron chi connectivity index (χ0n) is 7.73. The van der Waals surface area contributed by atoms with Gasteiger partial charge in [-0.3, -0.25) is 0 Å². The molecule has 13 heavy (non-hydrogen) atoms. The number of hydrogen-bond acceptors (Lipinski definition) is 2. The molecule has 0 aliphatic heterocycles. The van der Waals surface area contributed by atoms with Gasteiger partial charge in [-0.05, 0) is 36.1 Å². The Hall–Kier alpha value is -0.340. The molecule has 0 bridgehead atoms. The van der Waals surface area contributed by atoms with E-state index < -0.39 is 0 Å². The Bertz CT molecular complexity index is 262. The Kier molecular flexibility index (Phi) is 5.09. The molecule has 1 aromatic rings. The molecule has 0 amide bonds. The van der Waals surface area contributed by atoms with Gasteiger partial charge in [-0.2, -0.15) is 12.6 Å². The van der Waals surface area contributed by atoms with Crippen molar-refractivity contribution in [3.63, 3.8) is 0 Å². The summed E-state index contributed by atoms with van der Waals surface area (Å²) in [4.78, 5) is 1.31. The molecule has 0 fully saturated rings. The first kappa shape index (κ1) is 10.7. The van der Waals surface area contributed by atoms with E-state index in [1.54, 1.807) is 11.8 Å². The lowest BCUT2D eigenvalue weighted by Gasteiger charge is -1.96. The van der Waals surface area contributed by atoms with Gasteiger partial charge < -0.3 is 0 Å². The normalized spacial score (nSPS) is 10.9. The highest BCUT2D eigenvalue weighted by Crippen LogP contribution is 2.15. The molecule has 0 saturated carbocycles. The summed E-state index contributed by atoms with van der Waals surface area (Å²) in [5.41, 5.74) is 1.26. The predicted octanol–water partition coefficient (Wildman–Crippen LogP) is 3.74. The standard InChI is InChI=1S/C11H14S2/c1-13-11-7-5-10(6-8-11)4-2-3-9-12/h2,4-8,12H,3,9H2,1H3. The van der Waals surface area contributed by atoms with Crippen molar-refractivity contribution in [2.45, 2.75) is 11.3 Å². The number of thioether (sulfide) groups is 1. The third-order valence-corrected chi connectivity index (χ3v) is 2.72. The van der Waals surface area contributed by atoms with Gasteiger partial charge in [-0.25, -0.2) is 0 Å². The van der Waals surface area contributed by atoms with E-state index >= 15 is 0 Å². The number of rotatable bonds is 4. The summed E-state index contributed by atoms with van der Waals surface area (Å²) in [5.74, 6) is 0.916. The molecule has 70 valence electrons. The summed E-state index contributed by atoms with van der Waals surface area (Å²) in [6.45, 7) is 0. The fraction of sp³-hybridized carbons (Fsp3) is 0.273. The predicted molar refractivity (Wildman–Crippen MR) is 65.7 cm³/mol. The van der Waals surface area contributed by atoms with Gasteiger partial charge in [0.05, 0.1) is 0 Å². The second-order valence-corrected chi connectivity index (χ2v) is 4.01. The largest absolute Gasteiger partial charge is 0.179 e. The highest BCUT2D eigenvalue weighted by atomic mass is 32.2. The van der Waals surface area contributed by atoms with Crippen molar-refractivity contribution < 1.29 is 0 Å². The lowest BCUT2D eigenvalue weighted by atomic mass is 10.2. The van der Waals surface area contributed by atoms with E-state index in [9.17, 15) is 0 Å². The van der Waals surface area contributed by atoms with Crippen molar-refractivity contribution in [1.29, 1.82) is 0 Å². The fourth-order valence-electron chi connectivity index (χ4n) is 1.01. The average Bonchev–Trinajstić information content (AvgIpc) is 2.19. The van der Waals surface area contributed by atoms with E-state index in [1.165, 1.54) is 10.5 Å². The molecule has 0 aliphatic carbocycles. The molecule has 0 unspecified atom stereocenters. The molecule has 0 spiro atoms. The zero-order valence-corrected chi connectivity index (χ0v) is 9.44. The molecule has 0 N–H and O–H groups in total. The van der Waals surface area contributed by atoms with Gasteiger partial charge in [0, 0.05) is 4.90 Å². The fourth-order valence-corrected chi connectivity index (χ4v) is 1.57. The summed E-state index contributed by atoms with van der Waals surface area (Å²) in [7, 11) is 0. The summed E-state index contributed by atoms with van der Waals surface area (Å²) in [6, 6.07) is 8.57. The minimum Gasteiger partial charge on any atom is -0.179 e. The number of benzene rings is 1. The van der Waals surface area contributed by atoms with Crippen LogP contribution in [0.3, 0.4) is 0 Å². The van der Waals surface area contributed by atoms with Crippen LogP contribution in [0.1, 0.15) is 12.0 Å². The third kappa shape index (κ3) is 3.92. The third-order valence-electron chi connectivity index (χ3n) is 1.72. The molecular formula is C11H14S2. The van der Waals surface area contributed by atoms with E-state index in [4.69, 9.17) is 0 Å². The van der Waals surface area contributed by atoms with Crippen molar-refractivity contribution in [1.82, 2.24) is 0 Å². The lowest BCUT2D eigenvalue weighted by Crippen LogP contribution is -1.73. The van der Waals surface area contributed by atoms with Crippen LogP contribution in [0.5, 0.6) is 0 Å². The molecule has 0 aromatic heterocycles. The monoisotopic (exact) mass is 210 g/mol. The first-order valence-electron chi connectivity index (χ1n) is 4.28. The van der Waals surface area contributed by atoms with Gasteiger partial charge in [0.1, 0.15) is 0 Å². The highest BCUT2D eigenvalue weighted by molar-refractivity contribution is 7.98. The average molecular weight is 210 g/mol. The maximum Gasteiger partial charge on any atom is 0.00695 e. The first-order chi connectivity index (χ1) is 6.36. The Morgan fingerprint density at radius 2 is 2.00 bits per heavy atom. The van der Waals surface area contributed by atoms with E-state index in [2.05, 4.69) is 55.3 Å². The summed E-state index contributed by atoms with van der Waals surface area (Å²) in [6.07, 6.45) is 7.42. The molecular weight excluding hydrogens is 196 g/mol. The maximum absolute atomic E-state index is 4.14. The maximum atomic E-state index is 4.14. The van der Waals surface area contributed by atoms with Crippen LogP contribution in [0.4, 0.5) is 0 Å². The van der Waals surface area contributed by atoms with Crippen molar-refractivity contribution in [3.05, 3.63) is 35.9 Å². The van der Waals surface area contributed by atoms with E-state index in [0.29, 0.717) is 0 Å². The Morgan fingerprint density at radius 3 is 2.54 bits per heavy atom. The second-order valence-electron chi connectivity index (χ2n) is 2.69. The number of hydrogen-bond donors (Lipinski definition) is 1. The molecule has 0 saturated heterocycles. The van der Waals surface area contributed by atoms with Gasteiger partial charge in [-0.1, -0.05) is 24.3 Å². The van der Waals surface area contributed by atoms with Crippen molar-refractivity contribution in [2.24, 2.45) is 0 Å². The van der Waals surface area contributed by atoms with Gasteiger partial charge >= 0.3 is 0 Å². The molecule has 1 rings (SSSR count). The van der Waals surface area contributed by atoms with E-state index in [-0.39, 0.29) is 0 Å². The number of allylic oxidation sites excluding steroid dienone is 1. The van der Waals surface area contributed by atoms with Gasteiger partial charge in [-0.15, -0.1) is 11.8 Å². The van der Waals surface area contributed by atoms with E-state index in [1.807, 2.05) is 0 Å². The number of thiol groups is 1. The van der Waals surface area contributed by atoms with Crippen molar-refractivity contribution in [2.75, 3.05) is 12.0 Å². The first-order valence-corrected chi connectivity index (χ1v) is 6.14. The molecule has 0 nitrogen and oxygen atoms in total. The van der Waals surface area contributed by atoms with Crippen LogP contribution >= 0.6 is 24.4 Å². The van der Waals surface area contributed by atoms with Crippen molar-refractivity contribution >= 4 is 30.5 Å². The summed E-state index contributed by atoms with van der Waals surface area (Å²) < 4.78 is 0. The quantitative estimate of drug-likeness (QED) is 0.583. The highest BCUT2D eigenvalue weighted by Gasteiger charge is 1.88. The second kappa shape index (κ2) is 6.17. The van der Waals surface area contributed by atoms with Gasteiger partial charge in [0.15, 0.2) is 0 Å². The summed E-state index contributed by atoms with van der Waals surface area (Å²) >= 11 is 5.91. The van der Waals surface area contributed by atoms with Crippen LogP contribution in [-0.4, -0.2) is 12.0 Å². The van der Waals surface area contributed by atoms with Crippen LogP contribution in [0.25, 0.3) is 6.08 Å². The molecule has 2 heteroatoms. The van der Waals surface area contributed by atoms with E-state index in [0.717, 1.165) is 12.2 Å². The Labute approximate surface area is 89.8 Å². The van der Waals surface area contributed by atoms with Crippen molar-refractivity contribution in [3.8, 4) is 0 Å². The molecule has 0 aliphatic rings. The van der Waals surface area contributed by atoms with Gasteiger partial charge in [0.25, 0.3) is 0 Å². The molecule has 1 aromatic carbocycles. The molecule has 0 atom stereocenters. The summed E-state index contributed by atoms with van der Waals surface area (Å²) in [5, 5.41) is 0. The Balaban J connectivity index is 2.58. The van der Waals surface area contributed by atoms with Crippen LogP contribution in [0.15, 0.2) is 35.2 Å². The van der Waals surface area contributed by atoms with Crippen LogP contribution in [0.2, 0.25) is 0 Å². The topological polar surface area (TPSA) is 0 Å². The zero-order chi connectivity index (χ0) is 9.52. The molecule has 0 radical (unpaired) electrons. The minimum atomic E-state index is 0.916. The Morgan fingerprint density at radius 1 is 1.31 bits per heavy atom. The SMILES string of the molecule is CSc1ccc(C=CCCS)cc1. The van der Waals surface area contributed by atoms with Crippen LogP contribution in [0, 0.1) is 0 Å². The lowest BCUT2D eigenvalue weighted by molar-refractivity contribution is 1.26. The smallest absolute Gasteiger partial charge is 0.00695 e. The van der Waals surface area contributed by atoms with Gasteiger partial charge in [0.2, 0.25) is 0 Å². The molecule has 0 heterocycles. The van der Waals surface area contributed by atoms with Crippen LogP contribution < -0.4 is 0 Å².